The lowest BCUT2D eigenvalue weighted by molar-refractivity contribution is -0.387. The Balaban J connectivity index is 3.20. The molecule has 0 bridgehead atoms. The van der Waals surface area contributed by atoms with Crippen LogP contribution in [0.4, 0.5) is 14.5 Å². The van der Waals surface area contributed by atoms with Crippen LogP contribution in [0.2, 0.25) is 0 Å². The number of halogens is 2. The molecule has 7 heteroatoms. The number of nitrogens with one attached hydrogen (secondary N) is 1. The summed E-state index contributed by atoms with van der Waals surface area (Å²) in [5.41, 5.74) is -1.55. The fourth-order valence-electron chi connectivity index (χ4n) is 1.11. The van der Waals surface area contributed by atoms with Crippen molar-refractivity contribution in [2.24, 2.45) is 0 Å². The summed E-state index contributed by atoms with van der Waals surface area (Å²) in [7, 11) is 0. The summed E-state index contributed by atoms with van der Waals surface area (Å²) in [6.45, 7) is 1.86. The second-order valence-corrected chi connectivity index (χ2v) is 2.90. The molecule has 0 spiro atoms. The lowest BCUT2D eigenvalue weighted by Crippen LogP contribution is -2.24. The third-order valence-corrected chi connectivity index (χ3v) is 1.82. The molecule has 1 aromatic carbocycles. The number of nitro benzene ring substituents is 1. The highest BCUT2D eigenvalue weighted by Gasteiger charge is 2.21. The summed E-state index contributed by atoms with van der Waals surface area (Å²) in [6.07, 6.45) is 0. The number of benzene rings is 1. The maximum absolute atomic E-state index is 13.2. The van der Waals surface area contributed by atoms with Crippen LogP contribution in [0, 0.1) is 21.7 Å². The molecule has 0 aliphatic carbocycles. The van der Waals surface area contributed by atoms with Crippen molar-refractivity contribution in [1.82, 2.24) is 5.32 Å². The van der Waals surface area contributed by atoms with Gasteiger partial charge < -0.3 is 5.32 Å². The topological polar surface area (TPSA) is 72.2 Å². The second kappa shape index (κ2) is 4.65. The number of carbonyl (C=O) groups is 1. The zero-order chi connectivity index (χ0) is 12.3. The van der Waals surface area contributed by atoms with E-state index in [0.29, 0.717) is 12.1 Å². The third-order valence-electron chi connectivity index (χ3n) is 1.82. The summed E-state index contributed by atoms with van der Waals surface area (Å²) >= 11 is 0. The Labute approximate surface area is 89.2 Å². The summed E-state index contributed by atoms with van der Waals surface area (Å²) in [5, 5.41) is 12.5. The quantitative estimate of drug-likeness (QED) is 0.633. The smallest absolute Gasteiger partial charge is 0.307 e. The van der Waals surface area contributed by atoms with Crippen LogP contribution in [-0.2, 0) is 0 Å². The Morgan fingerprint density at radius 2 is 2.06 bits per heavy atom. The van der Waals surface area contributed by atoms with E-state index >= 15 is 0 Å². The van der Waals surface area contributed by atoms with Crippen LogP contribution in [-0.4, -0.2) is 17.4 Å². The van der Waals surface area contributed by atoms with Crippen molar-refractivity contribution in [3.63, 3.8) is 0 Å². The molecule has 0 aromatic heterocycles. The standard InChI is InChI=1S/C9H8F2N2O3/c1-2-12-9(14)5-3-7(11)8(13(15)16)4-6(5)10/h3-4H,2H2,1H3,(H,12,14). The molecule has 1 amide bonds. The fraction of sp³-hybridized carbons (Fsp3) is 0.222. The fourth-order valence-corrected chi connectivity index (χ4v) is 1.11. The van der Waals surface area contributed by atoms with Gasteiger partial charge in [0.2, 0.25) is 5.82 Å². The zero-order valence-corrected chi connectivity index (χ0v) is 8.29. The van der Waals surface area contributed by atoms with Crippen molar-refractivity contribution >= 4 is 11.6 Å². The Kier molecular flexibility index (Phi) is 3.49. The lowest BCUT2D eigenvalue weighted by Gasteiger charge is -2.03. The third kappa shape index (κ3) is 2.30. The molecule has 0 heterocycles. The van der Waals surface area contributed by atoms with E-state index in [1.54, 1.807) is 6.92 Å². The number of nitrogens with zero attached hydrogens (tertiary/aromatic N) is 1. The van der Waals surface area contributed by atoms with Crippen molar-refractivity contribution in [1.29, 1.82) is 0 Å². The predicted octanol–water partition coefficient (Wildman–Crippen LogP) is 1.62. The minimum absolute atomic E-state index is 0.247. The Morgan fingerprint density at radius 1 is 1.44 bits per heavy atom. The van der Waals surface area contributed by atoms with Gasteiger partial charge in [-0.05, 0) is 13.0 Å². The van der Waals surface area contributed by atoms with Crippen LogP contribution >= 0.6 is 0 Å². The zero-order valence-electron chi connectivity index (χ0n) is 8.29. The Hall–Kier alpha value is -2.05. The number of rotatable bonds is 3. The van der Waals surface area contributed by atoms with Gasteiger partial charge in [-0.1, -0.05) is 0 Å². The average Bonchev–Trinajstić information content (AvgIpc) is 2.20. The van der Waals surface area contributed by atoms with Gasteiger partial charge in [0.15, 0.2) is 0 Å². The molecule has 0 unspecified atom stereocenters. The van der Waals surface area contributed by atoms with Crippen LogP contribution in [0.3, 0.4) is 0 Å². The van der Waals surface area contributed by atoms with Crippen molar-refractivity contribution < 1.29 is 18.5 Å². The normalized spacial score (nSPS) is 9.94. The van der Waals surface area contributed by atoms with E-state index in [4.69, 9.17) is 0 Å². The average molecular weight is 230 g/mol. The van der Waals surface area contributed by atoms with Gasteiger partial charge in [-0.25, -0.2) is 4.39 Å². The minimum Gasteiger partial charge on any atom is -0.352 e. The molecule has 0 aliphatic heterocycles. The Morgan fingerprint density at radius 3 is 2.56 bits per heavy atom. The molecule has 0 fully saturated rings. The van der Waals surface area contributed by atoms with E-state index in [0.717, 1.165) is 0 Å². The molecule has 0 radical (unpaired) electrons. The number of hydrogen-bond donors (Lipinski definition) is 1. The van der Waals surface area contributed by atoms with Gasteiger partial charge in [0.1, 0.15) is 5.82 Å². The highest BCUT2D eigenvalue weighted by Crippen LogP contribution is 2.21. The number of carbonyl (C=O) groups excluding carboxylic acids is 1. The van der Waals surface area contributed by atoms with Crippen molar-refractivity contribution in [3.8, 4) is 0 Å². The van der Waals surface area contributed by atoms with Crippen LogP contribution in [0.25, 0.3) is 0 Å². The van der Waals surface area contributed by atoms with Crippen LogP contribution in [0.15, 0.2) is 12.1 Å². The first-order valence-electron chi connectivity index (χ1n) is 4.39. The van der Waals surface area contributed by atoms with Crippen molar-refractivity contribution in [3.05, 3.63) is 39.4 Å². The van der Waals surface area contributed by atoms with Gasteiger partial charge in [-0.15, -0.1) is 0 Å². The maximum Gasteiger partial charge on any atom is 0.307 e. The maximum atomic E-state index is 13.2. The van der Waals surface area contributed by atoms with E-state index in [-0.39, 0.29) is 6.54 Å². The molecular weight excluding hydrogens is 222 g/mol. The van der Waals surface area contributed by atoms with Crippen LogP contribution in [0.5, 0.6) is 0 Å². The highest BCUT2D eigenvalue weighted by molar-refractivity contribution is 5.94. The monoisotopic (exact) mass is 230 g/mol. The molecule has 1 rings (SSSR count). The summed E-state index contributed by atoms with van der Waals surface area (Å²) in [6, 6.07) is 0.901. The van der Waals surface area contributed by atoms with E-state index < -0.39 is 33.7 Å². The van der Waals surface area contributed by atoms with Crippen LogP contribution < -0.4 is 5.32 Å². The molecule has 1 N–H and O–H groups in total. The van der Waals surface area contributed by atoms with Gasteiger partial charge in [-0.3, -0.25) is 14.9 Å². The summed E-state index contributed by atoms with van der Waals surface area (Å²) in [4.78, 5) is 20.4. The van der Waals surface area contributed by atoms with E-state index in [2.05, 4.69) is 5.32 Å². The van der Waals surface area contributed by atoms with Gasteiger partial charge in [-0.2, -0.15) is 4.39 Å². The molecule has 5 nitrogen and oxygen atoms in total. The van der Waals surface area contributed by atoms with Gasteiger partial charge in [0, 0.05) is 6.54 Å². The van der Waals surface area contributed by atoms with E-state index in [9.17, 15) is 23.7 Å². The van der Waals surface area contributed by atoms with Crippen LogP contribution in [0.1, 0.15) is 17.3 Å². The number of amides is 1. The first kappa shape index (κ1) is 12.0. The Bertz CT molecular complexity index is 449. The number of nitro groups is 1. The lowest BCUT2D eigenvalue weighted by atomic mass is 10.1. The van der Waals surface area contributed by atoms with E-state index in [1.807, 2.05) is 0 Å². The predicted molar refractivity (Wildman–Crippen MR) is 51.0 cm³/mol. The molecule has 0 saturated carbocycles. The largest absolute Gasteiger partial charge is 0.352 e. The molecule has 0 saturated heterocycles. The molecule has 0 aliphatic rings. The van der Waals surface area contributed by atoms with Gasteiger partial charge in [0.25, 0.3) is 5.91 Å². The summed E-state index contributed by atoms with van der Waals surface area (Å²) in [5.74, 6) is -3.18. The van der Waals surface area contributed by atoms with Gasteiger partial charge in [0.05, 0.1) is 16.6 Å². The molecule has 86 valence electrons. The highest BCUT2D eigenvalue weighted by atomic mass is 19.1. The summed E-state index contributed by atoms with van der Waals surface area (Å²) < 4.78 is 26.3. The molecule has 1 aromatic rings. The number of hydrogen-bond acceptors (Lipinski definition) is 3. The first-order chi connectivity index (χ1) is 7.47. The van der Waals surface area contributed by atoms with E-state index in [1.165, 1.54) is 0 Å². The molecule has 0 atom stereocenters. The minimum atomic E-state index is -1.24. The second-order valence-electron chi connectivity index (χ2n) is 2.90. The molecular formula is C9H8F2N2O3. The first-order valence-corrected chi connectivity index (χ1v) is 4.39. The SMILES string of the molecule is CCNC(=O)c1cc(F)c([N+](=O)[O-])cc1F. The van der Waals surface area contributed by atoms with Crippen molar-refractivity contribution in [2.75, 3.05) is 6.54 Å². The molecule has 16 heavy (non-hydrogen) atoms. The van der Waals surface area contributed by atoms with Crippen molar-refractivity contribution in [2.45, 2.75) is 6.92 Å². The van der Waals surface area contributed by atoms with Gasteiger partial charge >= 0.3 is 5.69 Å².